The topological polar surface area (TPSA) is 92.5 Å². The van der Waals surface area contributed by atoms with Crippen molar-refractivity contribution < 1.29 is 14.8 Å². The maximum absolute atomic E-state index is 10.7. The van der Waals surface area contributed by atoms with E-state index in [9.17, 15) is 14.9 Å². The maximum atomic E-state index is 10.7. The van der Waals surface area contributed by atoms with Gasteiger partial charge in [-0.3, -0.25) is 10.1 Å². The van der Waals surface area contributed by atoms with Crippen molar-refractivity contribution in [1.82, 2.24) is 0 Å². The highest BCUT2D eigenvalue weighted by Gasteiger charge is 2.31. The van der Waals surface area contributed by atoms with Gasteiger partial charge in [0.05, 0.1) is 10.5 Å². The van der Waals surface area contributed by atoms with Crippen LogP contribution < -0.4 is 5.32 Å². The van der Waals surface area contributed by atoms with Gasteiger partial charge in [0.1, 0.15) is 6.04 Å². The first-order valence-corrected chi connectivity index (χ1v) is 4.35. The number of carboxylic acids is 1. The van der Waals surface area contributed by atoms with Crippen LogP contribution in [0.15, 0.2) is 18.2 Å². The minimum Gasteiger partial charge on any atom is -0.480 e. The van der Waals surface area contributed by atoms with Crippen molar-refractivity contribution in [3.05, 3.63) is 33.9 Å². The van der Waals surface area contributed by atoms with Crippen molar-refractivity contribution in [1.29, 1.82) is 0 Å². The Morgan fingerprint density at radius 1 is 1.60 bits per heavy atom. The molecule has 1 aromatic rings. The monoisotopic (exact) mass is 208 g/mol. The summed E-state index contributed by atoms with van der Waals surface area (Å²) in [6.07, 6.45) is 0.155. The lowest BCUT2D eigenvalue weighted by Crippen LogP contribution is -2.26. The molecule has 1 aliphatic heterocycles. The van der Waals surface area contributed by atoms with Crippen molar-refractivity contribution in [2.75, 3.05) is 5.32 Å². The largest absolute Gasteiger partial charge is 0.480 e. The number of fused-ring (bicyclic) bond motifs is 1. The van der Waals surface area contributed by atoms with E-state index in [1.165, 1.54) is 12.1 Å². The van der Waals surface area contributed by atoms with Crippen molar-refractivity contribution >= 4 is 17.3 Å². The van der Waals surface area contributed by atoms with Gasteiger partial charge in [0.2, 0.25) is 0 Å². The average Bonchev–Trinajstić information content (AvgIpc) is 2.60. The van der Waals surface area contributed by atoms with Gasteiger partial charge in [0.25, 0.3) is 5.69 Å². The van der Waals surface area contributed by atoms with E-state index in [1.807, 2.05) is 0 Å². The number of rotatable bonds is 2. The third-order valence-electron chi connectivity index (χ3n) is 2.38. The normalized spacial score (nSPS) is 18.0. The minimum atomic E-state index is -1.000. The molecular weight excluding hydrogens is 200 g/mol. The highest BCUT2D eigenvalue weighted by molar-refractivity contribution is 5.82. The zero-order valence-corrected chi connectivity index (χ0v) is 7.64. The van der Waals surface area contributed by atoms with Gasteiger partial charge < -0.3 is 10.4 Å². The molecule has 6 nitrogen and oxygen atoms in total. The Hall–Kier alpha value is -2.11. The Balaban J connectivity index is 2.41. The number of anilines is 1. The number of carbonyl (C=O) groups is 1. The number of nitro groups is 1. The van der Waals surface area contributed by atoms with Crippen LogP contribution in [-0.2, 0) is 11.2 Å². The number of hydrogen-bond acceptors (Lipinski definition) is 4. The highest BCUT2D eigenvalue weighted by Crippen LogP contribution is 2.33. The lowest BCUT2D eigenvalue weighted by Gasteiger charge is -2.02. The van der Waals surface area contributed by atoms with Gasteiger partial charge in [-0.2, -0.15) is 0 Å². The Morgan fingerprint density at radius 3 is 2.93 bits per heavy atom. The summed E-state index contributed by atoms with van der Waals surface area (Å²) in [6, 6.07) is 3.80. The zero-order chi connectivity index (χ0) is 11.0. The van der Waals surface area contributed by atoms with Gasteiger partial charge in [0.15, 0.2) is 0 Å². The molecule has 78 valence electrons. The predicted octanol–water partition coefficient (Wildman–Crippen LogP) is 1.02. The van der Waals surface area contributed by atoms with E-state index in [0.717, 1.165) is 0 Å². The van der Waals surface area contributed by atoms with Crippen LogP contribution in [-0.4, -0.2) is 22.0 Å². The maximum Gasteiger partial charge on any atom is 0.326 e. The van der Waals surface area contributed by atoms with E-state index in [0.29, 0.717) is 11.3 Å². The fraction of sp³-hybridized carbons (Fsp3) is 0.222. The van der Waals surface area contributed by atoms with Crippen molar-refractivity contribution in [2.24, 2.45) is 0 Å². The smallest absolute Gasteiger partial charge is 0.326 e. The second kappa shape index (κ2) is 3.23. The molecular formula is C9H8N2O4. The second-order valence-corrected chi connectivity index (χ2v) is 3.30. The number of nitrogens with one attached hydrogen (secondary N) is 1. The first kappa shape index (κ1) is 9.45. The first-order valence-electron chi connectivity index (χ1n) is 4.35. The predicted molar refractivity (Wildman–Crippen MR) is 51.8 cm³/mol. The SMILES string of the molecule is O=C(O)[C@H]1Cc2c(cccc2[N+](=O)[O-])N1. The highest BCUT2D eigenvalue weighted by atomic mass is 16.6. The molecule has 0 aliphatic carbocycles. The summed E-state index contributed by atoms with van der Waals surface area (Å²) >= 11 is 0. The first-order chi connectivity index (χ1) is 7.09. The van der Waals surface area contributed by atoms with Gasteiger partial charge in [0, 0.05) is 18.2 Å². The van der Waals surface area contributed by atoms with Gasteiger partial charge in [-0.25, -0.2) is 4.79 Å². The summed E-state index contributed by atoms with van der Waals surface area (Å²) in [4.78, 5) is 20.9. The number of nitro benzene ring substituents is 1. The molecule has 0 amide bonds. The summed E-state index contributed by atoms with van der Waals surface area (Å²) in [5.74, 6) is -1.000. The molecule has 0 saturated carbocycles. The molecule has 1 aliphatic rings. The van der Waals surface area contributed by atoms with Crippen LogP contribution >= 0.6 is 0 Å². The number of carboxylic acid groups (broad SMARTS) is 1. The van der Waals surface area contributed by atoms with Gasteiger partial charge in [-0.15, -0.1) is 0 Å². The number of nitrogens with zero attached hydrogens (tertiary/aromatic N) is 1. The summed E-state index contributed by atoms with van der Waals surface area (Å²) < 4.78 is 0. The van der Waals surface area contributed by atoms with Crippen LogP contribution in [0.1, 0.15) is 5.56 Å². The van der Waals surface area contributed by atoms with E-state index >= 15 is 0 Å². The fourth-order valence-electron chi connectivity index (χ4n) is 1.69. The van der Waals surface area contributed by atoms with Crippen LogP contribution in [0.2, 0.25) is 0 Å². The van der Waals surface area contributed by atoms with E-state index < -0.39 is 16.9 Å². The zero-order valence-electron chi connectivity index (χ0n) is 7.64. The van der Waals surface area contributed by atoms with E-state index in [1.54, 1.807) is 6.07 Å². The molecule has 1 aromatic carbocycles. The third kappa shape index (κ3) is 1.50. The lowest BCUT2D eigenvalue weighted by atomic mass is 10.1. The number of hydrogen-bond donors (Lipinski definition) is 2. The molecule has 0 fully saturated rings. The average molecular weight is 208 g/mol. The Labute approximate surface area is 84.7 Å². The van der Waals surface area contributed by atoms with Crippen molar-refractivity contribution in [3.8, 4) is 0 Å². The molecule has 1 heterocycles. The fourth-order valence-corrected chi connectivity index (χ4v) is 1.69. The standard InChI is InChI=1S/C9H8N2O4/c12-9(13)7-4-5-6(10-7)2-1-3-8(5)11(14)15/h1-3,7,10H,4H2,(H,12,13)/t7-/m1/s1. The van der Waals surface area contributed by atoms with Crippen molar-refractivity contribution in [2.45, 2.75) is 12.5 Å². The molecule has 0 aromatic heterocycles. The van der Waals surface area contributed by atoms with E-state index in [4.69, 9.17) is 5.11 Å². The Kier molecular flexibility index (Phi) is 2.03. The van der Waals surface area contributed by atoms with Crippen LogP contribution in [0.5, 0.6) is 0 Å². The van der Waals surface area contributed by atoms with Crippen LogP contribution in [0.4, 0.5) is 11.4 Å². The van der Waals surface area contributed by atoms with Crippen molar-refractivity contribution in [3.63, 3.8) is 0 Å². The third-order valence-corrected chi connectivity index (χ3v) is 2.38. The second-order valence-electron chi connectivity index (χ2n) is 3.30. The number of benzene rings is 1. The molecule has 0 bridgehead atoms. The molecule has 0 spiro atoms. The summed E-state index contributed by atoms with van der Waals surface area (Å²) in [5.41, 5.74) is 0.982. The molecule has 2 rings (SSSR count). The summed E-state index contributed by atoms with van der Waals surface area (Å²) in [7, 11) is 0. The molecule has 15 heavy (non-hydrogen) atoms. The summed E-state index contributed by atoms with van der Waals surface area (Å²) in [6.45, 7) is 0. The van der Waals surface area contributed by atoms with Gasteiger partial charge in [-0.1, -0.05) is 6.07 Å². The van der Waals surface area contributed by atoms with Crippen LogP contribution in [0.25, 0.3) is 0 Å². The Bertz CT molecular complexity index is 444. The minimum absolute atomic E-state index is 0.0243. The van der Waals surface area contributed by atoms with E-state index in [2.05, 4.69) is 5.32 Å². The molecule has 0 saturated heterocycles. The molecule has 6 heteroatoms. The summed E-state index contributed by atoms with van der Waals surface area (Å²) in [5, 5.41) is 22.2. The molecule has 1 atom stereocenters. The molecule has 2 N–H and O–H groups in total. The van der Waals surface area contributed by atoms with Gasteiger partial charge in [-0.05, 0) is 6.07 Å². The van der Waals surface area contributed by atoms with Gasteiger partial charge >= 0.3 is 5.97 Å². The number of aliphatic carboxylic acids is 1. The Morgan fingerprint density at radius 2 is 2.33 bits per heavy atom. The van der Waals surface area contributed by atoms with Crippen LogP contribution in [0, 0.1) is 10.1 Å². The molecule has 0 unspecified atom stereocenters. The van der Waals surface area contributed by atoms with E-state index in [-0.39, 0.29) is 12.1 Å². The lowest BCUT2D eigenvalue weighted by molar-refractivity contribution is -0.385. The quantitative estimate of drug-likeness (QED) is 0.559. The van der Waals surface area contributed by atoms with Crippen LogP contribution in [0.3, 0.4) is 0 Å². The molecule has 0 radical (unpaired) electrons.